The normalized spacial score (nSPS) is 10.2. The topological polar surface area (TPSA) is 35.5 Å². The third kappa shape index (κ3) is 3.58. The van der Waals surface area contributed by atoms with Crippen molar-refractivity contribution in [2.24, 2.45) is 0 Å². The van der Waals surface area contributed by atoms with E-state index in [2.05, 4.69) is 15.9 Å². The Balaban J connectivity index is 2.19. The number of para-hydroxylation sites is 1. The lowest BCUT2D eigenvalue weighted by molar-refractivity contribution is 0.111. The van der Waals surface area contributed by atoms with E-state index in [1.165, 1.54) is 0 Å². The molecule has 0 saturated carbocycles. The van der Waals surface area contributed by atoms with Crippen molar-refractivity contribution in [1.82, 2.24) is 0 Å². The van der Waals surface area contributed by atoms with E-state index in [9.17, 15) is 4.79 Å². The van der Waals surface area contributed by atoms with E-state index < -0.39 is 0 Å². The Bertz CT molecular complexity index is 566. The summed E-state index contributed by atoms with van der Waals surface area (Å²) in [6.45, 7) is 2.85. The molecule has 0 amide bonds. The molecule has 0 N–H and O–H groups in total. The molecule has 0 saturated heterocycles. The Morgan fingerprint density at radius 3 is 2.84 bits per heavy atom. The van der Waals surface area contributed by atoms with Gasteiger partial charge < -0.3 is 9.47 Å². The summed E-state index contributed by atoms with van der Waals surface area (Å²) in [4.78, 5) is 12.1. The molecule has 0 spiro atoms. The molecule has 0 bridgehead atoms. The first kappa shape index (κ1) is 14.1. The number of aldehydes is 1. The molecular formula is C14H13BrO3S. The summed E-state index contributed by atoms with van der Waals surface area (Å²) in [5.74, 6) is 1.10. The van der Waals surface area contributed by atoms with Gasteiger partial charge in [-0.3, -0.25) is 4.79 Å². The van der Waals surface area contributed by atoms with Crippen molar-refractivity contribution >= 4 is 33.6 Å². The maximum Gasteiger partial charge on any atom is 0.172 e. The lowest BCUT2D eigenvalue weighted by Gasteiger charge is -2.12. The van der Waals surface area contributed by atoms with Gasteiger partial charge in [-0.1, -0.05) is 6.07 Å². The van der Waals surface area contributed by atoms with E-state index in [0.29, 0.717) is 30.3 Å². The Hall–Kier alpha value is -1.33. The maximum absolute atomic E-state index is 11.1. The highest BCUT2D eigenvalue weighted by atomic mass is 79.9. The molecule has 100 valence electrons. The summed E-state index contributed by atoms with van der Waals surface area (Å²) in [7, 11) is 0. The van der Waals surface area contributed by atoms with Gasteiger partial charge in [-0.25, -0.2) is 0 Å². The molecule has 1 heterocycles. The molecule has 0 aliphatic rings. The number of hydrogen-bond donors (Lipinski definition) is 0. The second-order valence-corrected chi connectivity index (χ2v) is 5.66. The molecule has 1 aromatic carbocycles. The van der Waals surface area contributed by atoms with Crippen LogP contribution in [0, 0.1) is 0 Å². The van der Waals surface area contributed by atoms with Gasteiger partial charge in [0, 0.05) is 14.7 Å². The molecule has 0 fully saturated rings. The summed E-state index contributed by atoms with van der Waals surface area (Å²) in [6.07, 6.45) is 0.780. The van der Waals surface area contributed by atoms with Crippen molar-refractivity contribution in [2.45, 2.75) is 13.5 Å². The number of carbonyl (C=O) groups is 1. The van der Waals surface area contributed by atoms with Crippen LogP contribution in [-0.4, -0.2) is 12.9 Å². The number of ether oxygens (including phenoxy) is 2. The quantitative estimate of drug-likeness (QED) is 0.735. The molecule has 0 aliphatic heterocycles. The Morgan fingerprint density at radius 1 is 1.37 bits per heavy atom. The minimum absolute atomic E-state index is 0.418. The Labute approximate surface area is 124 Å². The van der Waals surface area contributed by atoms with Crippen LogP contribution in [0.2, 0.25) is 0 Å². The highest BCUT2D eigenvalue weighted by Gasteiger charge is 2.11. The zero-order chi connectivity index (χ0) is 13.7. The van der Waals surface area contributed by atoms with Crippen LogP contribution in [0.25, 0.3) is 0 Å². The van der Waals surface area contributed by atoms with Gasteiger partial charge >= 0.3 is 0 Å². The first-order valence-corrected chi connectivity index (χ1v) is 7.48. The monoisotopic (exact) mass is 340 g/mol. The third-order valence-corrected chi connectivity index (χ3v) is 4.09. The van der Waals surface area contributed by atoms with Crippen molar-refractivity contribution in [1.29, 1.82) is 0 Å². The van der Waals surface area contributed by atoms with Crippen molar-refractivity contribution < 1.29 is 14.3 Å². The van der Waals surface area contributed by atoms with Gasteiger partial charge in [0.05, 0.1) is 12.2 Å². The standard InChI is InChI=1S/C14H13BrO3S/c1-2-17-13-5-3-4-10(7-16)14(13)18-8-12-6-11(15)9-19-12/h3-7,9H,2,8H2,1H3. The van der Waals surface area contributed by atoms with Crippen molar-refractivity contribution in [2.75, 3.05) is 6.61 Å². The van der Waals surface area contributed by atoms with Gasteiger partial charge in [-0.15, -0.1) is 11.3 Å². The Kier molecular flexibility index (Phi) is 4.99. The van der Waals surface area contributed by atoms with Crippen molar-refractivity contribution in [3.63, 3.8) is 0 Å². The lowest BCUT2D eigenvalue weighted by atomic mass is 10.2. The molecule has 0 aliphatic carbocycles. The van der Waals surface area contributed by atoms with E-state index in [0.717, 1.165) is 15.6 Å². The number of halogens is 1. The minimum atomic E-state index is 0.418. The number of thiophene rings is 1. The van der Waals surface area contributed by atoms with Crippen LogP contribution in [0.15, 0.2) is 34.1 Å². The van der Waals surface area contributed by atoms with Crippen molar-refractivity contribution in [3.05, 3.63) is 44.6 Å². The number of hydrogen-bond acceptors (Lipinski definition) is 4. The molecule has 19 heavy (non-hydrogen) atoms. The zero-order valence-electron chi connectivity index (χ0n) is 10.4. The lowest BCUT2D eigenvalue weighted by Crippen LogP contribution is -2.01. The zero-order valence-corrected chi connectivity index (χ0v) is 12.8. The molecular weight excluding hydrogens is 328 g/mol. The van der Waals surface area contributed by atoms with E-state index >= 15 is 0 Å². The average Bonchev–Trinajstić information content (AvgIpc) is 2.83. The largest absolute Gasteiger partial charge is 0.490 e. The van der Waals surface area contributed by atoms with Crippen LogP contribution in [0.1, 0.15) is 22.2 Å². The second kappa shape index (κ2) is 6.73. The van der Waals surface area contributed by atoms with Crippen LogP contribution in [0.3, 0.4) is 0 Å². The van der Waals surface area contributed by atoms with Crippen molar-refractivity contribution in [3.8, 4) is 11.5 Å². The fourth-order valence-corrected chi connectivity index (χ4v) is 2.98. The van der Waals surface area contributed by atoms with Gasteiger partial charge in [0.1, 0.15) is 6.61 Å². The van der Waals surface area contributed by atoms with Crippen LogP contribution < -0.4 is 9.47 Å². The predicted molar refractivity (Wildman–Crippen MR) is 79.3 cm³/mol. The number of rotatable bonds is 6. The van der Waals surface area contributed by atoms with Gasteiger partial charge in [-0.2, -0.15) is 0 Å². The predicted octanol–water partition coefficient (Wildman–Crippen LogP) is 4.30. The fraction of sp³-hybridized carbons (Fsp3) is 0.214. The van der Waals surface area contributed by atoms with Gasteiger partial charge in [0.2, 0.25) is 0 Å². The van der Waals surface area contributed by atoms with Crippen LogP contribution >= 0.6 is 27.3 Å². The summed E-state index contributed by atoms with van der Waals surface area (Å²) < 4.78 is 12.3. The molecule has 5 heteroatoms. The summed E-state index contributed by atoms with van der Waals surface area (Å²) >= 11 is 5.00. The SMILES string of the molecule is CCOc1cccc(C=O)c1OCc1cc(Br)cs1. The second-order valence-electron chi connectivity index (χ2n) is 3.75. The number of benzene rings is 1. The minimum Gasteiger partial charge on any atom is -0.490 e. The first-order chi connectivity index (χ1) is 9.24. The maximum atomic E-state index is 11.1. The fourth-order valence-electron chi connectivity index (χ4n) is 1.62. The summed E-state index contributed by atoms with van der Waals surface area (Å²) in [5, 5.41) is 1.99. The highest BCUT2D eigenvalue weighted by molar-refractivity contribution is 9.10. The molecule has 0 atom stereocenters. The van der Waals surface area contributed by atoms with Gasteiger partial charge in [0.25, 0.3) is 0 Å². The first-order valence-electron chi connectivity index (χ1n) is 5.81. The molecule has 0 radical (unpaired) electrons. The molecule has 1 aromatic heterocycles. The smallest absolute Gasteiger partial charge is 0.172 e. The molecule has 2 rings (SSSR count). The Morgan fingerprint density at radius 2 is 2.21 bits per heavy atom. The molecule has 3 nitrogen and oxygen atoms in total. The third-order valence-electron chi connectivity index (χ3n) is 2.42. The highest BCUT2D eigenvalue weighted by Crippen LogP contribution is 2.32. The number of carbonyl (C=O) groups excluding carboxylic acids is 1. The van der Waals surface area contributed by atoms with Crippen LogP contribution in [-0.2, 0) is 6.61 Å². The van der Waals surface area contributed by atoms with Gasteiger partial charge in [0.15, 0.2) is 17.8 Å². The molecule has 2 aromatic rings. The van der Waals surface area contributed by atoms with Gasteiger partial charge in [-0.05, 0) is 41.1 Å². The van der Waals surface area contributed by atoms with Crippen LogP contribution in [0.4, 0.5) is 0 Å². The van der Waals surface area contributed by atoms with Crippen LogP contribution in [0.5, 0.6) is 11.5 Å². The summed E-state index contributed by atoms with van der Waals surface area (Å²) in [6, 6.07) is 7.29. The summed E-state index contributed by atoms with van der Waals surface area (Å²) in [5.41, 5.74) is 0.501. The van der Waals surface area contributed by atoms with E-state index in [1.807, 2.05) is 18.4 Å². The average molecular weight is 341 g/mol. The van der Waals surface area contributed by atoms with E-state index in [4.69, 9.17) is 9.47 Å². The molecule has 0 unspecified atom stereocenters. The van der Waals surface area contributed by atoms with E-state index in [-0.39, 0.29) is 0 Å². The van der Waals surface area contributed by atoms with E-state index in [1.54, 1.807) is 29.5 Å².